The van der Waals surface area contributed by atoms with Gasteiger partial charge in [-0.1, -0.05) is 50.2 Å². The van der Waals surface area contributed by atoms with Gasteiger partial charge < -0.3 is 0 Å². The molecule has 18 heavy (non-hydrogen) atoms. The molecule has 2 heteroatoms. The lowest BCUT2D eigenvalue weighted by atomic mass is 9.82. The Labute approximate surface area is 112 Å². The predicted octanol–water partition coefficient (Wildman–Crippen LogP) is 4.07. The fourth-order valence-electron chi connectivity index (χ4n) is 3.69. The first-order valence-corrected chi connectivity index (χ1v) is 8.07. The average Bonchev–Trinajstić information content (AvgIpc) is 2.61. The minimum atomic E-state index is 0.459. The highest BCUT2D eigenvalue weighted by atomic mass is 15.2. The summed E-state index contributed by atoms with van der Waals surface area (Å²) < 4.78 is 0. The molecule has 0 aromatic carbocycles. The normalized spacial score (nSPS) is 25.7. The Hall–Kier alpha value is -0.340. The summed E-state index contributed by atoms with van der Waals surface area (Å²) in [6.45, 7) is 0. The van der Waals surface area contributed by atoms with Crippen molar-refractivity contribution in [2.24, 2.45) is 11.8 Å². The molecule has 2 rings (SSSR count). The van der Waals surface area contributed by atoms with E-state index in [1.54, 1.807) is 5.57 Å². The maximum atomic E-state index is 5.88. The lowest BCUT2D eigenvalue weighted by Gasteiger charge is -2.30. The first-order chi connectivity index (χ1) is 8.92. The van der Waals surface area contributed by atoms with Gasteiger partial charge in [-0.3, -0.25) is 11.3 Å². The minimum Gasteiger partial charge on any atom is -0.271 e. The van der Waals surface area contributed by atoms with Crippen molar-refractivity contribution in [1.82, 2.24) is 5.43 Å². The van der Waals surface area contributed by atoms with Gasteiger partial charge in [0.05, 0.1) is 0 Å². The second-order valence-electron chi connectivity index (χ2n) is 6.13. The van der Waals surface area contributed by atoms with Crippen LogP contribution >= 0.6 is 0 Å². The van der Waals surface area contributed by atoms with Crippen LogP contribution < -0.4 is 11.3 Å². The van der Waals surface area contributed by atoms with E-state index in [2.05, 4.69) is 11.5 Å². The van der Waals surface area contributed by atoms with Gasteiger partial charge in [-0.05, 0) is 44.4 Å². The van der Waals surface area contributed by atoms with Gasteiger partial charge in [0, 0.05) is 6.04 Å². The molecule has 0 bridgehead atoms. The van der Waals surface area contributed by atoms with Crippen molar-refractivity contribution in [3.63, 3.8) is 0 Å². The molecular weight excluding hydrogens is 220 g/mol. The van der Waals surface area contributed by atoms with Crippen LogP contribution in [0.1, 0.15) is 77.0 Å². The Kier molecular flexibility index (Phi) is 6.22. The molecule has 0 saturated heterocycles. The number of hydrazine groups is 1. The van der Waals surface area contributed by atoms with Crippen molar-refractivity contribution in [2.75, 3.05) is 0 Å². The summed E-state index contributed by atoms with van der Waals surface area (Å²) in [7, 11) is 0. The van der Waals surface area contributed by atoms with E-state index < -0.39 is 0 Å². The van der Waals surface area contributed by atoms with Gasteiger partial charge in [-0.2, -0.15) is 0 Å². The second-order valence-corrected chi connectivity index (χ2v) is 6.13. The molecule has 3 N–H and O–H groups in total. The van der Waals surface area contributed by atoms with Crippen LogP contribution in [0.5, 0.6) is 0 Å². The molecule has 1 unspecified atom stereocenters. The molecule has 0 amide bonds. The lowest BCUT2D eigenvalue weighted by Crippen LogP contribution is -2.42. The Balaban J connectivity index is 1.98. The van der Waals surface area contributed by atoms with Crippen molar-refractivity contribution in [3.8, 4) is 0 Å². The van der Waals surface area contributed by atoms with E-state index in [9.17, 15) is 0 Å². The van der Waals surface area contributed by atoms with Crippen LogP contribution in [-0.4, -0.2) is 6.04 Å². The molecule has 0 aromatic heterocycles. The van der Waals surface area contributed by atoms with Gasteiger partial charge >= 0.3 is 0 Å². The molecule has 0 aromatic rings. The minimum absolute atomic E-state index is 0.459. The van der Waals surface area contributed by atoms with Gasteiger partial charge in [-0.15, -0.1) is 0 Å². The summed E-state index contributed by atoms with van der Waals surface area (Å²) in [5, 5.41) is 0. The number of hydrogen-bond acceptors (Lipinski definition) is 2. The molecule has 1 saturated carbocycles. The quantitative estimate of drug-likeness (QED) is 0.450. The van der Waals surface area contributed by atoms with Gasteiger partial charge in [0.2, 0.25) is 0 Å². The van der Waals surface area contributed by atoms with E-state index in [-0.39, 0.29) is 0 Å². The largest absolute Gasteiger partial charge is 0.271 e. The number of allylic oxidation sites excluding steroid dienone is 1. The standard InChI is InChI=1S/C16H30N2/c17-18-16(15-12-8-4-5-9-13-15)14-10-6-2-1-3-7-11-14/h12,14,16,18H,1-11,13,17H2. The maximum absolute atomic E-state index is 5.88. The Morgan fingerprint density at radius 1 is 0.944 bits per heavy atom. The van der Waals surface area contributed by atoms with Crippen LogP contribution in [0, 0.1) is 5.92 Å². The summed E-state index contributed by atoms with van der Waals surface area (Å²) >= 11 is 0. The van der Waals surface area contributed by atoms with Gasteiger partial charge in [0.25, 0.3) is 0 Å². The average molecular weight is 250 g/mol. The van der Waals surface area contributed by atoms with Gasteiger partial charge in [0.15, 0.2) is 0 Å². The molecule has 0 spiro atoms. The smallest absolute Gasteiger partial charge is 0.0447 e. The van der Waals surface area contributed by atoms with E-state index in [4.69, 9.17) is 5.84 Å². The van der Waals surface area contributed by atoms with Crippen molar-refractivity contribution in [1.29, 1.82) is 0 Å². The summed E-state index contributed by atoms with van der Waals surface area (Å²) in [5.41, 5.74) is 4.76. The van der Waals surface area contributed by atoms with Crippen molar-refractivity contribution in [2.45, 2.75) is 83.1 Å². The van der Waals surface area contributed by atoms with E-state index in [1.807, 2.05) is 0 Å². The van der Waals surface area contributed by atoms with Crippen LogP contribution in [0.2, 0.25) is 0 Å². The molecule has 2 nitrogen and oxygen atoms in total. The van der Waals surface area contributed by atoms with Crippen molar-refractivity contribution < 1.29 is 0 Å². The Morgan fingerprint density at radius 3 is 2.33 bits per heavy atom. The van der Waals surface area contributed by atoms with Crippen LogP contribution in [0.3, 0.4) is 0 Å². The first kappa shape index (κ1) is 14.1. The van der Waals surface area contributed by atoms with E-state index in [1.165, 1.54) is 77.0 Å². The molecule has 0 aliphatic heterocycles. The van der Waals surface area contributed by atoms with Gasteiger partial charge in [-0.25, -0.2) is 0 Å². The molecule has 2 aliphatic carbocycles. The second kappa shape index (κ2) is 7.96. The molecular formula is C16H30N2. The monoisotopic (exact) mass is 250 g/mol. The van der Waals surface area contributed by atoms with Gasteiger partial charge in [0.1, 0.15) is 0 Å². The third kappa shape index (κ3) is 4.10. The molecule has 1 fully saturated rings. The van der Waals surface area contributed by atoms with E-state index in [0.717, 1.165) is 5.92 Å². The fraction of sp³-hybridized carbons (Fsp3) is 0.875. The highest BCUT2D eigenvalue weighted by Gasteiger charge is 2.24. The predicted molar refractivity (Wildman–Crippen MR) is 78.1 cm³/mol. The highest BCUT2D eigenvalue weighted by molar-refractivity contribution is 5.13. The van der Waals surface area contributed by atoms with Crippen LogP contribution in [0.25, 0.3) is 0 Å². The number of nitrogens with two attached hydrogens (primary N) is 1. The summed E-state index contributed by atoms with van der Waals surface area (Å²) in [5.74, 6) is 6.66. The zero-order valence-corrected chi connectivity index (χ0v) is 11.8. The fourth-order valence-corrected chi connectivity index (χ4v) is 3.69. The topological polar surface area (TPSA) is 38.0 Å². The molecule has 1 atom stereocenters. The third-order valence-electron chi connectivity index (χ3n) is 4.78. The van der Waals surface area contributed by atoms with Crippen LogP contribution in [0.4, 0.5) is 0 Å². The number of rotatable bonds is 3. The molecule has 0 heterocycles. The number of hydrogen-bond donors (Lipinski definition) is 2. The Bertz CT molecular complexity index is 252. The zero-order chi connectivity index (χ0) is 12.6. The maximum Gasteiger partial charge on any atom is 0.0447 e. The molecule has 104 valence electrons. The lowest BCUT2D eigenvalue weighted by molar-refractivity contribution is 0.307. The van der Waals surface area contributed by atoms with E-state index in [0.29, 0.717) is 6.04 Å². The van der Waals surface area contributed by atoms with Crippen molar-refractivity contribution in [3.05, 3.63) is 11.6 Å². The van der Waals surface area contributed by atoms with Crippen molar-refractivity contribution >= 4 is 0 Å². The van der Waals surface area contributed by atoms with Crippen LogP contribution in [0.15, 0.2) is 11.6 Å². The highest BCUT2D eigenvalue weighted by Crippen LogP contribution is 2.30. The molecule has 0 radical (unpaired) electrons. The zero-order valence-electron chi connectivity index (χ0n) is 11.8. The third-order valence-corrected chi connectivity index (χ3v) is 4.78. The number of nitrogens with one attached hydrogen (secondary N) is 1. The summed E-state index contributed by atoms with van der Waals surface area (Å²) in [6.07, 6.45) is 19.0. The SMILES string of the molecule is NNC(C1=CCCCCC1)C1CCCCCCC1. The summed E-state index contributed by atoms with van der Waals surface area (Å²) in [4.78, 5) is 0. The first-order valence-electron chi connectivity index (χ1n) is 8.07. The van der Waals surface area contributed by atoms with Crippen LogP contribution in [-0.2, 0) is 0 Å². The van der Waals surface area contributed by atoms with E-state index >= 15 is 0 Å². The summed E-state index contributed by atoms with van der Waals surface area (Å²) in [6, 6.07) is 0.459. The molecule has 2 aliphatic rings. The Morgan fingerprint density at radius 2 is 1.61 bits per heavy atom.